The normalized spacial score (nSPS) is 19.9. The van der Waals surface area contributed by atoms with E-state index in [1.165, 1.54) is 0 Å². The minimum Gasteiger partial charge on any atom is -0.459 e. The van der Waals surface area contributed by atoms with Crippen molar-refractivity contribution in [3.63, 3.8) is 0 Å². The van der Waals surface area contributed by atoms with Crippen LogP contribution in [0.15, 0.2) is 28.7 Å². The molecule has 0 saturated carbocycles. The van der Waals surface area contributed by atoms with Crippen LogP contribution in [0.5, 0.6) is 0 Å². The summed E-state index contributed by atoms with van der Waals surface area (Å²) in [6.07, 6.45) is -0.480. The molecule has 1 aromatic rings. The van der Waals surface area contributed by atoms with Crippen molar-refractivity contribution in [2.45, 2.75) is 12.7 Å². The molecule has 0 radical (unpaired) electrons. The molecule has 1 atom stereocenters. The fourth-order valence-corrected chi connectivity index (χ4v) is 1.97. The highest BCUT2D eigenvalue weighted by molar-refractivity contribution is 9.10. The number of ether oxygens (including phenoxy) is 2. The number of nitrogens with one attached hydrogen (secondary N) is 1. The maximum absolute atomic E-state index is 11.7. The van der Waals surface area contributed by atoms with Gasteiger partial charge >= 0.3 is 5.97 Å². The molecule has 1 aliphatic heterocycles. The van der Waals surface area contributed by atoms with E-state index in [1.54, 1.807) is 0 Å². The number of carbonyl (C=O) groups excluding carboxylic acids is 1. The molecular formula is C12H14BrNO3. The largest absolute Gasteiger partial charge is 0.459 e. The zero-order valence-corrected chi connectivity index (χ0v) is 10.9. The van der Waals surface area contributed by atoms with E-state index in [0.29, 0.717) is 13.2 Å². The molecule has 17 heavy (non-hydrogen) atoms. The van der Waals surface area contributed by atoms with Gasteiger partial charge in [-0.3, -0.25) is 0 Å². The predicted molar refractivity (Wildman–Crippen MR) is 66.5 cm³/mol. The van der Waals surface area contributed by atoms with Crippen LogP contribution in [0.1, 0.15) is 5.56 Å². The molecular weight excluding hydrogens is 286 g/mol. The van der Waals surface area contributed by atoms with Crippen LogP contribution in [0.2, 0.25) is 0 Å². The molecule has 1 aromatic carbocycles. The average molecular weight is 300 g/mol. The van der Waals surface area contributed by atoms with Crippen molar-refractivity contribution < 1.29 is 14.3 Å². The van der Waals surface area contributed by atoms with E-state index in [-0.39, 0.29) is 12.6 Å². The number of esters is 1. The summed E-state index contributed by atoms with van der Waals surface area (Å²) in [7, 11) is 0. The maximum atomic E-state index is 11.7. The molecule has 1 heterocycles. The number of benzene rings is 1. The van der Waals surface area contributed by atoms with Gasteiger partial charge in [-0.1, -0.05) is 34.1 Å². The third kappa shape index (κ3) is 3.52. The van der Waals surface area contributed by atoms with Crippen molar-refractivity contribution in [3.8, 4) is 0 Å². The number of hydrogen-bond donors (Lipinski definition) is 1. The van der Waals surface area contributed by atoms with Gasteiger partial charge in [-0.15, -0.1) is 0 Å². The Balaban J connectivity index is 1.85. The molecule has 1 unspecified atom stereocenters. The maximum Gasteiger partial charge on any atom is 0.336 e. The smallest absolute Gasteiger partial charge is 0.336 e. The Hall–Kier alpha value is -0.910. The highest BCUT2D eigenvalue weighted by Gasteiger charge is 2.23. The second-order valence-corrected chi connectivity index (χ2v) is 4.62. The van der Waals surface area contributed by atoms with Gasteiger partial charge in [0.15, 0.2) is 6.10 Å². The van der Waals surface area contributed by atoms with Crippen molar-refractivity contribution >= 4 is 21.9 Å². The molecule has 0 aliphatic carbocycles. The quantitative estimate of drug-likeness (QED) is 0.859. The molecule has 0 spiro atoms. The van der Waals surface area contributed by atoms with E-state index in [9.17, 15) is 4.79 Å². The highest BCUT2D eigenvalue weighted by atomic mass is 79.9. The lowest BCUT2D eigenvalue weighted by Crippen LogP contribution is -2.43. The molecule has 0 aromatic heterocycles. The second-order valence-electron chi connectivity index (χ2n) is 3.76. The summed E-state index contributed by atoms with van der Waals surface area (Å²) in [6, 6.07) is 7.66. The number of morpholine rings is 1. The SMILES string of the molecule is O=C(OCc1ccccc1Br)C1CNCCO1. The van der Waals surface area contributed by atoms with Crippen LogP contribution in [0.25, 0.3) is 0 Å². The van der Waals surface area contributed by atoms with Crippen molar-refractivity contribution in [2.75, 3.05) is 19.7 Å². The summed E-state index contributed by atoms with van der Waals surface area (Å²) in [5.41, 5.74) is 0.949. The molecule has 1 saturated heterocycles. The van der Waals surface area contributed by atoms with Gasteiger partial charge in [0.25, 0.3) is 0 Å². The summed E-state index contributed by atoms with van der Waals surface area (Å²) in [5, 5.41) is 3.09. The Morgan fingerprint density at radius 1 is 1.53 bits per heavy atom. The van der Waals surface area contributed by atoms with Gasteiger partial charge in [0.2, 0.25) is 0 Å². The lowest BCUT2D eigenvalue weighted by Gasteiger charge is -2.22. The van der Waals surface area contributed by atoms with Gasteiger partial charge in [0.05, 0.1) is 6.61 Å². The zero-order chi connectivity index (χ0) is 12.1. The third-order valence-electron chi connectivity index (χ3n) is 2.52. The fourth-order valence-electron chi connectivity index (χ4n) is 1.57. The third-order valence-corrected chi connectivity index (χ3v) is 3.29. The highest BCUT2D eigenvalue weighted by Crippen LogP contribution is 2.17. The van der Waals surface area contributed by atoms with Crippen LogP contribution in [0, 0.1) is 0 Å². The summed E-state index contributed by atoms with van der Waals surface area (Å²) in [4.78, 5) is 11.7. The van der Waals surface area contributed by atoms with Gasteiger partial charge in [0.1, 0.15) is 6.61 Å². The minimum absolute atomic E-state index is 0.264. The molecule has 5 heteroatoms. The van der Waals surface area contributed by atoms with Crippen LogP contribution in [0.3, 0.4) is 0 Å². The predicted octanol–water partition coefficient (Wildman–Crippen LogP) is 1.48. The monoisotopic (exact) mass is 299 g/mol. The van der Waals surface area contributed by atoms with Crippen LogP contribution in [-0.4, -0.2) is 31.8 Å². The number of halogens is 1. The Bertz CT molecular complexity index is 391. The first-order valence-corrected chi connectivity index (χ1v) is 6.29. The molecule has 92 valence electrons. The second kappa shape index (κ2) is 6.14. The summed E-state index contributed by atoms with van der Waals surface area (Å²) < 4.78 is 11.5. The standard InChI is InChI=1S/C12H14BrNO3/c13-10-4-2-1-3-9(10)8-17-12(15)11-7-14-5-6-16-11/h1-4,11,14H,5-8H2. The first kappa shape index (κ1) is 12.5. The molecule has 2 rings (SSSR count). The summed E-state index contributed by atoms with van der Waals surface area (Å²) in [5.74, 6) is -0.312. The van der Waals surface area contributed by atoms with Gasteiger partial charge in [-0.2, -0.15) is 0 Å². The van der Waals surface area contributed by atoms with Crippen molar-refractivity contribution in [1.29, 1.82) is 0 Å². The number of hydrogen-bond acceptors (Lipinski definition) is 4. The molecule has 4 nitrogen and oxygen atoms in total. The number of rotatable bonds is 3. The first-order valence-electron chi connectivity index (χ1n) is 5.50. The molecule has 1 aliphatic rings. The van der Waals surface area contributed by atoms with E-state index in [1.807, 2.05) is 24.3 Å². The van der Waals surface area contributed by atoms with E-state index >= 15 is 0 Å². The fraction of sp³-hybridized carbons (Fsp3) is 0.417. The Kier molecular flexibility index (Phi) is 4.53. The van der Waals surface area contributed by atoms with Gasteiger partial charge in [-0.05, 0) is 6.07 Å². The van der Waals surface area contributed by atoms with Crippen molar-refractivity contribution in [2.24, 2.45) is 0 Å². The Labute approximate surface area is 108 Å². The summed E-state index contributed by atoms with van der Waals surface area (Å²) in [6.45, 7) is 2.12. The first-order chi connectivity index (χ1) is 8.27. The topological polar surface area (TPSA) is 47.6 Å². The molecule has 0 amide bonds. The van der Waals surface area contributed by atoms with Crippen LogP contribution >= 0.6 is 15.9 Å². The van der Waals surface area contributed by atoms with Crippen molar-refractivity contribution in [3.05, 3.63) is 34.3 Å². The summed E-state index contributed by atoms with van der Waals surface area (Å²) >= 11 is 3.41. The van der Waals surface area contributed by atoms with Gasteiger partial charge in [0, 0.05) is 23.1 Å². The molecule has 1 N–H and O–H groups in total. The van der Waals surface area contributed by atoms with Gasteiger partial charge in [-0.25, -0.2) is 4.79 Å². The average Bonchev–Trinajstić information content (AvgIpc) is 2.38. The van der Waals surface area contributed by atoms with Crippen LogP contribution in [0.4, 0.5) is 0 Å². The van der Waals surface area contributed by atoms with Crippen LogP contribution < -0.4 is 5.32 Å². The number of carbonyl (C=O) groups is 1. The Morgan fingerprint density at radius 2 is 2.35 bits per heavy atom. The van der Waals surface area contributed by atoms with Crippen molar-refractivity contribution in [1.82, 2.24) is 5.32 Å². The molecule has 0 bridgehead atoms. The lowest BCUT2D eigenvalue weighted by molar-refractivity contribution is -0.160. The van der Waals surface area contributed by atoms with E-state index in [0.717, 1.165) is 16.6 Å². The lowest BCUT2D eigenvalue weighted by atomic mass is 10.2. The van der Waals surface area contributed by atoms with E-state index < -0.39 is 6.10 Å². The van der Waals surface area contributed by atoms with Gasteiger partial charge < -0.3 is 14.8 Å². The Morgan fingerprint density at radius 3 is 3.06 bits per heavy atom. The van der Waals surface area contributed by atoms with Crippen LogP contribution in [-0.2, 0) is 20.9 Å². The van der Waals surface area contributed by atoms with E-state index in [2.05, 4.69) is 21.2 Å². The minimum atomic E-state index is -0.480. The zero-order valence-electron chi connectivity index (χ0n) is 9.32. The van der Waals surface area contributed by atoms with E-state index in [4.69, 9.17) is 9.47 Å². The molecule has 1 fully saturated rings.